The molecule has 0 amide bonds. The van der Waals surface area contributed by atoms with E-state index in [1.807, 2.05) is 0 Å². The molecular weight excluding hydrogens is 244 g/mol. The summed E-state index contributed by atoms with van der Waals surface area (Å²) in [6.45, 7) is 11.0. The third kappa shape index (κ3) is 13.8. The summed E-state index contributed by atoms with van der Waals surface area (Å²) in [7, 11) is 0. The van der Waals surface area contributed by atoms with Gasteiger partial charge in [-0.25, -0.2) is 0 Å². The van der Waals surface area contributed by atoms with E-state index in [1.54, 1.807) is 0 Å². The zero-order chi connectivity index (χ0) is 15.2. The fourth-order valence-electron chi connectivity index (χ4n) is 2.31. The molecule has 2 heteroatoms. The molecule has 0 aliphatic rings. The summed E-state index contributed by atoms with van der Waals surface area (Å²) in [5, 5.41) is 6.97. The van der Waals surface area contributed by atoms with E-state index in [0.717, 1.165) is 0 Å². The van der Waals surface area contributed by atoms with Gasteiger partial charge in [0.2, 0.25) is 0 Å². The molecule has 0 fully saturated rings. The topological polar surface area (TPSA) is 24.1 Å². The van der Waals surface area contributed by atoms with Crippen molar-refractivity contribution in [2.24, 2.45) is 0 Å². The molecule has 0 bridgehead atoms. The van der Waals surface area contributed by atoms with Crippen LogP contribution in [0.2, 0.25) is 0 Å². The number of hydrogen-bond acceptors (Lipinski definition) is 2. The van der Waals surface area contributed by atoms with Crippen molar-refractivity contribution >= 4 is 0 Å². The molecule has 120 valence electrons. The largest absolute Gasteiger partial charge is 0.370 e. The van der Waals surface area contributed by atoms with Crippen LogP contribution in [0.4, 0.5) is 0 Å². The Morgan fingerprint density at radius 2 is 1.20 bits per heavy atom. The van der Waals surface area contributed by atoms with E-state index in [9.17, 15) is 0 Å². The van der Waals surface area contributed by atoms with Gasteiger partial charge < -0.3 is 10.6 Å². The summed E-state index contributed by atoms with van der Waals surface area (Å²) >= 11 is 0. The van der Waals surface area contributed by atoms with Crippen LogP contribution in [0.1, 0.15) is 92.4 Å². The van der Waals surface area contributed by atoms with E-state index >= 15 is 0 Å². The van der Waals surface area contributed by atoms with Gasteiger partial charge in [-0.15, -0.1) is 0 Å². The first kappa shape index (κ1) is 19.3. The minimum atomic E-state index is 0.492. The molecule has 0 spiro atoms. The third-order valence-electron chi connectivity index (χ3n) is 3.29. The van der Waals surface area contributed by atoms with Crippen molar-refractivity contribution in [3.05, 3.63) is 11.9 Å². The van der Waals surface area contributed by atoms with Gasteiger partial charge in [0.15, 0.2) is 0 Å². The fourth-order valence-corrected chi connectivity index (χ4v) is 2.31. The van der Waals surface area contributed by atoms with Gasteiger partial charge in [0.1, 0.15) is 0 Å². The Kier molecular flexibility index (Phi) is 12.9. The number of hydrogen-bond donors (Lipinski definition) is 2. The molecule has 2 nitrogen and oxygen atoms in total. The summed E-state index contributed by atoms with van der Waals surface area (Å²) < 4.78 is 0. The van der Waals surface area contributed by atoms with Crippen molar-refractivity contribution in [2.45, 2.75) is 104 Å². The second kappa shape index (κ2) is 13.3. The molecule has 0 aliphatic carbocycles. The van der Waals surface area contributed by atoms with Gasteiger partial charge in [-0.05, 0) is 46.6 Å². The van der Waals surface area contributed by atoms with E-state index < -0.39 is 0 Å². The Bertz CT molecular complexity index is 220. The molecule has 0 heterocycles. The van der Waals surface area contributed by atoms with Gasteiger partial charge >= 0.3 is 0 Å². The Labute approximate surface area is 127 Å². The molecule has 0 saturated carbocycles. The lowest BCUT2D eigenvalue weighted by Gasteiger charge is -2.19. The quantitative estimate of drug-likeness (QED) is 0.445. The minimum absolute atomic E-state index is 0.492. The smallest absolute Gasteiger partial charge is 0.0949 e. The molecule has 0 rings (SSSR count). The molecule has 0 aromatic rings. The van der Waals surface area contributed by atoms with Gasteiger partial charge in [0, 0.05) is 12.1 Å². The Hall–Kier alpha value is -0.660. The van der Waals surface area contributed by atoms with Crippen molar-refractivity contribution in [1.29, 1.82) is 0 Å². The zero-order valence-corrected chi connectivity index (χ0v) is 14.6. The van der Waals surface area contributed by atoms with Gasteiger partial charge in [-0.3, -0.25) is 0 Å². The lowest BCUT2D eigenvalue weighted by atomic mass is 10.1. The summed E-state index contributed by atoms with van der Waals surface area (Å²) in [6, 6.07) is 0.983. The number of unbranched alkanes of at least 4 members (excludes halogenated alkanes) is 8. The number of rotatable bonds is 13. The van der Waals surface area contributed by atoms with Gasteiger partial charge in [-0.2, -0.15) is 0 Å². The van der Waals surface area contributed by atoms with Crippen molar-refractivity contribution in [1.82, 2.24) is 10.6 Å². The van der Waals surface area contributed by atoms with Crippen LogP contribution in [0.3, 0.4) is 0 Å². The molecule has 0 aromatic carbocycles. The van der Waals surface area contributed by atoms with Gasteiger partial charge in [0.25, 0.3) is 0 Å². The average Bonchev–Trinajstić information content (AvgIpc) is 2.35. The van der Waals surface area contributed by atoms with E-state index in [0.29, 0.717) is 12.1 Å². The maximum atomic E-state index is 3.49. The first-order valence-electron chi connectivity index (χ1n) is 8.79. The predicted molar refractivity (Wildman–Crippen MR) is 91.9 cm³/mol. The summed E-state index contributed by atoms with van der Waals surface area (Å²) in [6.07, 6.45) is 14.6. The van der Waals surface area contributed by atoms with Crippen LogP contribution >= 0.6 is 0 Å². The van der Waals surface area contributed by atoms with Crippen molar-refractivity contribution in [3.63, 3.8) is 0 Å². The molecule has 2 N–H and O–H groups in total. The first-order chi connectivity index (χ1) is 9.56. The second-order valence-electron chi connectivity index (χ2n) is 6.48. The number of allylic oxidation sites excluding steroid dienone is 1. The maximum absolute atomic E-state index is 3.49. The molecule has 0 unspecified atom stereocenters. The van der Waals surface area contributed by atoms with Crippen LogP contribution in [0.15, 0.2) is 11.9 Å². The lowest BCUT2D eigenvalue weighted by Crippen LogP contribution is -2.34. The van der Waals surface area contributed by atoms with Crippen molar-refractivity contribution in [3.8, 4) is 0 Å². The molecular formula is C18H38N2. The molecule has 0 saturated heterocycles. The highest BCUT2D eigenvalue weighted by atomic mass is 15.1. The van der Waals surface area contributed by atoms with Crippen LogP contribution in [0.25, 0.3) is 0 Å². The van der Waals surface area contributed by atoms with Crippen molar-refractivity contribution < 1.29 is 0 Å². The highest BCUT2D eigenvalue weighted by Gasteiger charge is 2.00. The second-order valence-corrected chi connectivity index (χ2v) is 6.48. The Balaban J connectivity index is 3.66. The normalized spacial score (nSPS) is 10.9. The minimum Gasteiger partial charge on any atom is -0.370 e. The summed E-state index contributed by atoms with van der Waals surface area (Å²) in [5.74, 6) is 1.21. The summed E-state index contributed by atoms with van der Waals surface area (Å²) in [4.78, 5) is 0. The Morgan fingerprint density at radius 3 is 1.65 bits per heavy atom. The molecule has 0 aromatic heterocycles. The number of nitrogens with one attached hydrogen (secondary N) is 2. The highest BCUT2D eigenvalue weighted by molar-refractivity contribution is 4.99. The first-order valence-corrected chi connectivity index (χ1v) is 8.79. The van der Waals surface area contributed by atoms with Crippen LogP contribution in [0.5, 0.6) is 0 Å². The van der Waals surface area contributed by atoms with Crippen LogP contribution < -0.4 is 10.6 Å². The SMILES string of the molecule is CCCCCCCCCCC=C(NC(C)C)NC(C)C. The molecule has 20 heavy (non-hydrogen) atoms. The molecule has 0 aliphatic heterocycles. The fraction of sp³-hybridized carbons (Fsp3) is 0.889. The molecule has 0 atom stereocenters. The average molecular weight is 283 g/mol. The Morgan fingerprint density at radius 1 is 0.750 bits per heavy atom. The zero-order valence-electron chi connectivity index (χ0n) is 14.6. The standard InChI is InChI=1S/C18H38N2/c1-6-7-8-9-10-11-12-13-14-15-18(19-16(2)3)20-17(4)5/h15-17,19-20H,6-14H2,1-5H3. The predicted octanol–water partition coefficient (Wildman–Crippen LogP) is 5.35. The van der Waals surface area contributed by atoms with Gasteiger partial charge in [0.05, 0.1) is 5.82 Å². The summed E-state index contributed by atoms with van der Waals surface area (Å²) in [5.41, 5.74) is 0. The van der Waals surface area contributed by atoms with E-state index in [2.05, 4.69) is 51.3 Å². The monoisotopic (exact) mass is 282 g/mol. The van der Waals surface area contributed by atoms with E-state index in [4.69, 9.17) is 0 Å². The van der Waals surface area contributed by atoms with Gasteiger partial charge in [-0.1, -0.05) is 51.9 Å². The van der Waals surface area contributed by atoms with E-state index in [1.165, 1.54) is 63.6 Å². The maximum Gasteiger partial charge on any atom is 0.0949 e. The van der Waals surface area contributed by atoms with Crippen LogP contribution in [-0.2, 0) is 0 Å². The van der Waals surface area contributed by atoms with E-state index in [-0.39, 0.29) is 0 Å². The van der Waals surface area contributed by atoms with Crippen LogP contribution in [0, 0.1) is 0 Å². The lowest BCUT2D eigenvalue weighted by molar-refractivity contribution is 0.555. The van der Waals surface area contributed by atoms with Crippen LogP contribution in [-0.4, -0.2) is 12.1 Å². The third-order valence-corrected chi connectivity index (χ3v) is 3.29. The highest BCUT2D eigenvalue weighted by Crippen LogP contribution is 2.10. The molecule has 0 radical (unpaired) electrons. The van der Waals surface area contributed by atoms with Crippen molar-refractivity contribution in [2.75, 3.05) is 0 Å².